The summed E-state index contributed by atoms with van der Waals surface area (Å²) in [5.41, 5.74) is 1.39. The predicted octanol–water partition coefficient (Wildman–Crippen LogP) is 2.89. The van der Waals surface area contributed by atoms with Crippen LogP contribution >= 0.6 is 11.3 Å². The zero-order chi connectivity index (χ0) is 15.2. The highest BCUT2D eigenvalue weighted by atomic mass is 32.1. The minimum Gasteiger partial charge on any atom is -0.488 e. The van der Waals surface area contributed by atoms with Crippen molar-refractivity contribution in [1.29, 1.82) is 0 Å². The fourth-order valence-corrected chi connectivity index (χ4v) is 2.50. The lowest BCUT2D eigenvalue weighted by atomic mass is 10.2. The molecule has 0 saturated heterocycles. The van der Waals surface area contributed by atoms with Crippen molar-refractivity contribution in [2.24, 2.45) is 0 Å². The van der Waals surface area contributed by atoms with Crippen molar-refractivity contribution in [3.05, 3.63) is 55.8 Å². The van der Waals surface area contributed by atoms with Crippen molar-refractivity contribution < 1.29 is 14.8 Å². The van der Waals surface area contributed by atoms with Crippen LogP contribution in [0.15, 0.2) is 29.6 Å². The van der Waals surface area contributed by atoms with E-state index < -0.39 is 4.92 Å². The Morgan fingerprint density at radius 3 is 3.00 bits per heavy atom. The number of ether oxygens (including phenoxy) is 1. The van der Waals surface area contributed by atoms with Gasteiger partial charge in [0.05, 0.1) is 10.5 Å². The summed E-state index contributed by atoms with van der Waals surface area (Å²) in [4.78, 5) is 11.4. The normalized spacial score (nSPS) is 9.81. The Bertz CT molecular complexity index is 712. The maximum Gasteiger partial charge on any atom is 0.276 e. The first-order valence-corrected chi connectivity index (χ1v) is 7.03. The largest absolute Gasteiger partial charge is 0.488 e. The molecule has 0 aliphatic rings. The van der Waals surface area contributed by atoms with E-state index in [0.717, 1.165) is 10.4 Å². The molecular weight excluding hydrogens is 290 g/mol. The second-order valence-electron chi connectivity index (χ2n) is 4.21. The monoisotopic (exact) mass is 303 g/mol. The molecule has 0 aliphatic carbocycles. The lowest BCUT2D eigenvalue weighted by molar-refractivity contribution is -0.385. The molecule has 0 radical (unpaired) electrons. The minimum absolute atomic E-state index is 0.0492. The highest BCUT2D eigenvalue weighted by Gasteiger charge is 2.14. The Morgan fingerprint density at radius 2 is 2.29 bits per heavy atom. The van der Waals surface area contributed by atoms with E-state index >= 15 is 0 Å². The average Bonchev–Trinajstić information content (AvgIpc) is 2.91. The zero-order valence-electron chi connectivity index (χ0n) is 11.3. The van der Waals surface area contributed by atoms with E-state index in [4.69, 9.17) is 9.84 Å². The maximum atomic E-state index is 10.9. The van der Waals surface area contributed by atoms with Gasteiger partial charge in [0, 0.05) is 21.9 Å². The molecule has 0 bridgehead atoms. The van der Waals surface area contributed by atoms with E-state index in [1.807, 2.05) is 11.4 Å². The Kier molecular flexibility index (Phi) is 4.93. The maximum absolute atomic E-state index is 10.9. The van der Waals surface area contributed by atoms with Crippen molar-refractivity contribution in [1.82, 2.24) is 0 Å². The van der Waals surface area contributed by atoms with Gasteiger partial charge >= 0.3 is 0 Å². The van der Waals surface area contributed by atoms with Crippen LogP contribution in [0.2, 0.25) is 0 Å². The fraction of sp³-hybridized carbons (Fsp3) is 0.200. The minimum atomic E-state index is -0.421. The standard InChI is InChI=1S/C15H13NO4S/c1-11-14(16(18)19)5-2-6-15(11)20-9-13-8-12(10-21-13)4-3-7-17/h2,5-6,8,10,17H,7,9H2,1H3. The summed E-state index contributed by atoms with van der Waals surface area (Å²) < 4.78 is 5.64. The van der Waals surface area contributed by atoms with Gasteiger partial charge < -0.3 is 9.84 Å². The van der Waals surface area contributed by atoms with Gasteiger partial charge in [-0.2, -0.15) is 0 Å². The molecule has 2 rings (SSSR count). The van der Waals surface area contributed by atoms with Gasteiger partial charge in [-0.15, -0.1) is 11.3 Å². The number of nitro groups is 1. The first kappa shape index (κ1) is 15.0. The average molecular weight is 303 g/mol. The molecule has 0 unspecified atom stereocenters. The Morgan fingerprint density at radius 1 is 1.48 bits per heavy atom. The van der Waals surface area contributed by atoms with Crippen LogP contribution < -0.4 is 4.74 Å². The van der Waals surface area contributed by atoms with Crippen LogP contribution in [0.4, 0.5) is 5.69 Å². The van der Waals surface area contributed by atoms with Crippen molar-refractivity contribution in [3.63, 3.8) is 0 Å². The van der Waals surface area contributed by atoms with Gasteiger partial charge in [-0.05, 0) is 19.1 Å². The number of hydrogen-bond acceptors (Lipinski definition) is 5. The van der Waals surface area contributed by atoms with Crippen molar-refractivity contribution in [2.45, 2.75) is 13.5 Å². The number of benzene rings is 1. The summed E-state index contributed by atoms with van der Waals surface area (Å²) in [6, 6.07) is 6.64. The molecule has 0 fully saturated rings. The molecule has 0 amide bonds. The van der Waals surface area contributed by atoms with E-state index in [2.05, 4.69) is 11.8 Å². The zero-order valence-corrected chi connectivity index (χ0v) is 12.1. The van der Waals surface area contributed by atoms with Gasteiger partial charge in [0.1, 0.15) is 19.0 Å². The molecule has 1 aromatic heterocycles. The van der Waals surface area contributed by atoms with Gasteiger partial charge in [-0.1, -0.05) is 17.9 Å². The topological polar surface area (TPSA) is 72.6 Å². The van der Waals surface area contributed by atoms with Gasteiger partial charge in [0.2, 0.25) is 0 Å². The van der Waals surface area contributed by atoms with Gasteiger partial charge in [0.25, 0.3) is 5.69 Å². The van der Waals surface area contributed by atoms with Crippen LogP contribution in [0.5, 0.6) is 5.75 Å². The molecule has 0 aliphatic heterocycles. The molecule has 21 heavy (non-hydrogen) atoms. The molecular formula is C15H13NO4S. The fourth-order valence-electron chi connectivity index (χ4n) is 1.77. The predicted molar refractivity (Wildman–Crippen MR) is 80.4 cm³/mol. The second kappa shape index (κ2) is 6.88. The quantitative estimate of drug-likeness (QED) is 0.535. The number of aliphatic hydroxyl groups excluding tert-OH is 1. The first-order chi connectivity index (χ1) is 10.1. The summed E-state index contributed by atoms with van der Waals surface area (Å²) in [6.07, 6.45) is 0. The molecule has 6 heteroatoms. The molecule has 1 N–H and O–H groups in total. The molecule has 108 valence electrons. The van der Waals surface area contributed by atoms with Crippen LogP contribution in [-0.2, 0) is 6.61 Å². The number of nitro benzene ring substituents is 1. The van der Waals surface area contributed by atoms with Crippen LogP contribution in [-0.4, -0.2) is 16.6 Å². The lowest BCUT2D eigenvalue weighted by Gasteiger charge is -2.07. The Labute approximate surface area is 126 Å². The molecule has 2 aromatic rings. The van der Waals surface area contributed by atoms with E-state index in [1.54, 1.807) is 19.1 Å². The molecule has 1 aromatic carbocycles. The van der Waals surface area contributed by atoms with Crippen molar-refractivity contribution in [3.8, 4) is 17.6 Å². The van der Waals surface area contributed by atoms with Gasteiger partial charge in [0.15, 0.2) is 0 Å². The van der Waals surface area contributed by atoms with Crippen LogP contribution in [0.1, 0.15) is 16.0 Å². The number of hydrogen-bond donors (Lipinski definition) is 1. The molecule has 5 nitrogen and oxygen atoms in total. The SMILES string of the molecule is Cc1c(OCc2cc(C#CCO)cs2)cccc1[N+](=O)[O-]. The van der Waals surface area contributed by atoms with Crippen molar-refractivity contribution in [2.75, 3.05) is 6.61 Å². The smallest absolute Gasteiger partial charge is 0.276 e. The van der Waals surface area contributed by atoms with E-state index in [-0.39, 0.29) is 12.3 Å². The Balaban J connectivity index is 2.08. The second-order valence-corrected chi connectivity index (χ2v) is 5.20. The first-order valence-electron chi connectivity index (χ1n) is 6.15. The third-order valence-electron chi connectivity index (χ3n) is 2.79. The van der Waals surface area contributed by atoms with Crippen LogP contribution in [0.3, 0.4) is 0 Å². The van der Waals surface area contributed by atoms with Crippen LogP contribution in [0, 0.1) is 28.9 Å². The summed E-state index contributed by atoms with van der Waals surface area (Å²) in [6.45, 7) is 1.82. The third kappa shape index (κ3) is 3.81. The summed E-state index contributed by atoms with van der Waals surface area (Å²) in [7, 11) is 0. The molecule has 0 spiro atoms. The summed E-state index contributed by atoms with van der Waals surface area (Å²) >= 11 is 1.49. The molecule has 0 saturated carbocycles. The summed E-state index contributed by atoms with van der Waals surface area (Å²) in [5, 5.41) is 21.4. The molecule has 0 atom stereocenters. The number of nitrogens with zero attached hydrogens (tertiary/aromatic N) is 1. The lowest BCUT2D eigenvalue weighted by Crippen LogP contribution is -1.98. The number of rotatable bonds is 4. The van der Waals surface area contributed by atoms with E-state index in [9.17, 15) is 10.1 Å². The highest BCUT2D eigenvalue weighted by Crippen LogP contribution is 2.28. The summed E-state index contributed by atoms with van der Waals surface area (Å²) in [5.74, 6) is 5.89. The van der Waals surface area contributed by atoms with Gasteiger partial charge in [-0.3, -0.25) is 10.1 Å². The third-order valence-corrected chi connectivity index (χ3v) is 3.70. The number of thiophene rings is 1. The van der Waals surface area contributed by atoms with E-state index in [1.165, 1.54) is 17.4 Å². The van der Waals surface area contributed by atoms with E-state index in [0.29, 0.717) is 17.9 Å². The van der Waals surface area contributed by atoms with Crippen molar-refractivity contribution >= 4 is 17.0 Å². The van der Waals surface area contributed by atoms with Crippen LogP contribution in [0.25, 0.3) is 0 Å². The highest BCUT2D eigenvalue weighted by molar-refractivity contribution is 7.10. The Hall–Kier alpha value is -2.36. The van der Waals surface area contributed by atoms with Gasteiger partial charge in [-0.25, -0.2) is 0 Å². The molecule has 1 heterocycles. The number of aliphatic hydroxyl groups is 1.